The fourth-order valence-electron chi connectivity index (χ4n) is 3.66. The van der Waals surface area contributed by atoms with E-state index in [-0.39, 0.29) is 5.91 Å². The molecule has 3 rings (SSSR count). The van der Waals surface area contributed by atoms with E-state index in [1.807, 2.05) is 0 Å². The van der Waals surface area contributed by atoms with E-state index >= 15 is 0 Å². The molecule has 5 heteroatoms. The zero-order valence-corrected chi connectivity index (χ0v) is 11.6. The lowest BCUT2D eigenvalue weighted by atomic mass is 9.92. The number of carbonyl (C=O) groups excluding carboxylic acids is 1. The van der Waals surface area contributed by atoms with Gasteiger partial charge in [-0.25, -0.2) is 0 Å². The Kier molecular flexibility index (Phi) is 4.35. The predicted octanol–water partition coefficient (Wildman–Crippen LogP) is -0.0346. The molecule has 5 nitrogen and oxygen atoms in total. The molecule has 2 unspecified atom stereocenters. The Balaban J connectivity index is 1.48. The van der Waals surface area contributed by atoms with E-state index in [9.17, 15) is 4.79 Å². The Morgan fingerprint density at radius 3 is 2.95 bits per heavy atom. The first-order valence-electron chi connectivity index (χ1n) is 7.65. The first-order chi connectivity index (χ1) is 9.33. The van der Waals surface area contributed by atoms with Crippen LogP contribution >= 0.6 is 0 Å². The molecule has 0 aromatic rings. The molecule has 3 fully saturated rings. The molecule has 2 atom stereocenters. The van der Waals surface area contributed by atoms with E-state index in [4.69, 9.17) is 4.74 Å². The number of hydrogen-bond donors (Lipinski definition) is 2. The third-order valence-electron chi connectivity index (χ3n) is 4.73. The molecule has 2 N–H and O–H groups in total. The second-order valence-electron chi connectivity index (χ2n) is 6.05. The van der Waals surface area contributed by atoms with Crippen LogP contribution in [0, 0.1) is 5.92 Å². The second kappa shape index (κ2) is 6.20. The Morgan fingerprint density at radius 2 is 2.11 bits per heavy atom. The van der Waals surface area contributed by atoms with Crippen molar-refractivity contribution in [3.8, 4) is 0 Å². The van der Waals surface area contributed by atoms with E-state index in [0.29, 0.717) is 18.6 Å². The first-order valence-corrected chi connectivity index (χ1v) is 7.65. The molecule has 0 radical (unpaired) electrons. The zero-order valence-electron chi connectivity index (χ0n) is 11.6. The lowest BCUT2D eigenvalue weighted by Crippen LogP contribution is -2.51. The molecule has 19 heavy (non-hydrogen) atoms. The van der Waals surface area contributed by atoms with Crippen LogP contribution in [0.5, 0.6) is 0 Å². The summed E-state index contributed by atoms with van der Waals surface area (Å²) in [5.74, 6) is 0.948. The van der Waals surface area contributed by atoms with Gasteiger partial charge in [0, 0.05) is 31.8 Å². The lowest BCUT2D eigenvalue weighted by molar-refractivity contribution is -0.124. The average molecular weight is 267 g/mol. The number of hydrogen-bond acceptors (Lipinski definition) is 4. The summed E-state index contributed by atoms with van der Waals surface area (Å²) in [5, 5.41) is 6.62. The first kappa shape index (κ1) is 13.3. The molecule has 3 aliphatic heterocycles. The molecule has 0 aromatic heterocycles. The maximum absolute atomic E-state index is 12.2. The van der Waals surface area contributed by atoms with Crippen molar-refractivity contribution >= 4 is 5.91 Å². The monoisotopic (exact) mass is 267 g/mol. The SMILES string of the molecule is O=C(CN1CCCC2CNCC21)NC1CCOCC1. The van der Waals surface area contributed by atoms with Gasteiger partial charge in [-0.1, -0.05) is 0 Å². The summed E-state index contributed by atoms with van der Waals surface area (Å²) >= 11 is 0. The average Bonchev–Trinajstić information content (AvgIpc) is 2.89. The van der Waals surface area contributed by atoms with Crippen LogP contribution in [-0.4, -0.2) is 62.3 Å². The maximum Gasteiger partial charge on any atom is 0.234 e. The Morgan fingerprint density at radius 1 is 1.26 bits per heavy atom. The maximum atomic E-state index is 12.2. The normalized spacial score (nSPS) is 33.1. The minimum absolute atomic E-state index is 0.194. The van der Waals surface area contributed by atoms with Gasteiger partial charge in [-0.05, 0) is 44.7 Å². The van der Waals surface area contributed by atoms with E-state index < -0.39 is 0 Å². The van der Waals surface area contributed by atoms with Gasteiger partial charge >= 0.3 is 0 Å². The third kappa shape index (κ3) is 3.27. The van der Waals surface area contributed by atoms with Gasteiger partial charge in [0.05, 0.1) is 6.54 Å². The third-order valence-corrected chi connectivity index (χ3v) is 4.73. The molecule has 0 spiro atoms. The fraction of sp³-hybridized carbons (Fsp3) is 0.929. The summed E-state index contributed by atoms with van der Waals surface area (Å²) in [6.45, 7) is 5.38. The number of piperidine rings is 1. The number of amides is 1. The molecule has 1 amide bonds. The van der Waals surface area contributed by atoms with Crippen LogP contribution in [0.2, 0.25) is 0 Å². The molecular weight excluding hydrogens is 242 g/mol. The summed E-state index contributed by atoms with van der Waals surface area (Å²) < 4.78 is 5.32. The minimum atomic E-state index is 0.194. The molecule has 3 aliphatic rings. The van der Waals surface area contributed by atoms with Crippen molar-refractivity contribution in [2.75, 3.05) is 39.4 Å². The number of rotatable bonds is 3. The fourth-order valence-corrected chi connectivity index (χ4v) is 3.66. The Bertz CT molecular complexity index is 318. The molecular formula is C14H25N3O2. The molecule has 108 valence electrons. The van der Waals surface area contributed by atoms with Crippen molar-refractivity contribution in [3.63, 3.8) is 0 Å². The van der Waals surface area contributed by atoms with Crippen LogP contribution in [0.15, 0.2) is 0 Å². The lowest BCUT2D eigenvalue weighted by Gasteiger charge is -2.36. The van der Waals surface area contributed by atoms with Gasteiger partial charge in [0.2, 0.25) is 5.91 Å². The molecule has 3 heterocycles. The van der Waals surface area contributed by atoms with Gasteiger partial charge < -0.3 is 15.4 Å². The van der Waals surface area contributed by atoms with Crippen molar-refractivity contribution in [3.05, 3.63) is 0 Å². The quantitative estimate of drug-likeness (QED) is 0.754. The van der Waals surface area contributed by atoms with Crippen LogP contribution in [0.4, 0.5) is 0 Å². The van der Waals surface area contributed by atoms with Crippen LogP contribution in [0.25, 0.3) is 0 Å². The molecule has 0 saturated carbocycles. The van der Waals surface area contributed by atoms with Crippen LogP contribution in [0.3, 0.4) is 0 Å². The topological polar surface area (TPSA) is 53.6 Å². The number of fused-ring (bicyclic) bond motifs is 1. The van der Waals surface area contributed by atoms with Gasteiger partial charge in [-0.15, -0.1) is 0 Å². The highest BCUT2D eigenvalue weighted by molar-refractivity contribution is 5.78. The van der Waals surface area contributed by atoms with Crippen molar-refractivity contribution in [1.29, 1.82) is 0 Å². The molecule has 0 aromatic carbocycles. The number of nitrogens with zero attached hydrogens (tertiary/aromatic N) is 1. The molecule has 0 aliphatic carbocycles. The number of nitrogens with one attached hydrogen (secondary N) is 2. The van der Waals surface area contributed by atoms with Crippen LogP contribution in [-0.2, 0) is 9.53 Å². The number of carbonyl (C=O) groups is 1. The van der Waals surface area contributed by atoms with Gasteiger partial charge in [-0.2, -0.15) is 0 Å². The summed E-state index contributed by atoms with van der Waals surface area (Å²) in [5.41, 5.74) is 0. The van der Waals surface area contributed by atoms with Crippen molar-refractivity contribution in [1.82, 2.24) is 15.5 Å². The van der Waals surface area contributed by atoms with Gasteiger partial charge in [0.25, 0.3) is 0 Å². The molecule has 0 bridgehead atoms. The van der Waals surface area contributed by atoms with E-state index in [0.717, 1.165) is 51.6 Å². The summed E-state index contributed by atoms with van der Waals surface area (Å²) in [4.78, 5) is 14.5. The van der Waals surface area contributed by atoms with Crippen molar-refractivity contribution in [2.45, 2.75) is 37.8 Å². The smallest absolute Gasteiger partial charge is 0.234 e. The van der Waals surface area contributed by atoms with Crippen LogP contribution < -0.4 is 10.6 Å². The highest BCUT2D eigenvalue weighted by Crippen LogP contribution is 2.25. The zero-order chi connectivity index (χ0) is 13.1. The van der Waals surface area contributed by atoms with Gasteiger partial charge in [-0.3, -0.25) is 9.69 Å². The number of ether oxygens (including phenoxy) is 1. The van der Waals surface area contributed by atoms with Crippen LogP contribution in [0.1, 0.15) is 25.7 Å². The molecule has 3 saturated heterocycles. The van der Waals surface area contributed by atoms with E-state index in [2.05, 4.69) is 15.5 Å². The largest absolute Gasteiger partial charge is 0.381 e. The van der Waals surface area contributed by atoms with Gasteiger partial charge in [0.15, 0.2) is 0 Å². The second-order valence-corrected chi connectivity index (χ2v) is 6.05. The summed E-state index contributed by atoms with van der Waals surface area (Å²) in [6, 6.07) is 0.901. The van der Waals surface area contributed by atoms with E-state index in [1.165, 1.54) is 12.8 Å². The Labute approximate surface area is 115 Å². The van der Waals surface area contributed by atoms with Crippen molar-refractivity contribution < 1.29 is 9.53 Å². The van der Waals surface area contributed by atoms with Gasteiger partial charge in [0.1, 0.15) is 0 Å². The Hall–Kier alpha value is -0.650. The summed E-state index contributed by atoms with van der Waals surface area (Å²) in [7, 11) is 0. The minimum Gasteiger partial charge on any atom is -0.381 e. The summed E-state index contributed by atoms with van der Waals surface area (Å²) in [6.07, 6.45) is 4.46. The number of likely N-dealkylation sites (tertiary alicyclic amines) is 1. The predicted molar refractivity (Wildman–Crippen MR) is 72.9 cm³/mol. The van der Waals surface area contributed by atoms with Crippen molar-refractivity contribution in [2.24, 2.45) is 5.92 Å². The highest BCUT2D eigenvalue weighted by Gasteiger charge is 2.35. The standard InChI is InChI=1S/C14H25N3O2/c18-14(16-12-3-6-19-7-4-12)10-17-5-1-2-11-8-15-9-13(11)17/h11-13,15H,1-10H2,(H,16,18). The highest BCUT2D eigenvalue weighted by atomic mass is 16.5. The van der Waals surface area contributed by atoms with E-state index in [1.54, 1.807) is 0 Å².